The second kappa shape index (κ2) is 8.16. The van der Waals surface area contributed by atoms with E-state index in [1.54, 1.807) is 0 Å². The Morgan fingerprint density at radius 3 is 2.89 bits per heavy atom. The summed E-state index contributed by atoms with van der Waals surface area (Å²) in [5.41, 5.74) is 1.23. The quantitative estimate of drug-likeness (QED) is 0.609. The number of esters is 1. The summed E-state index contributed by atoms with van der Waals surface area (Å²) in [5, 5.41) is 3.37. The zero-order chi connectivity index (χ0) is 13.4. The van der Waals surface area contributed by atoms with E-state index >= 15 is 0 Å². The van der Waals surface area contributed by atoms with Gasteiger partial charge in [0.25, 0.3) is 0 Å². The monoisotopic (exact) mass is 267 g/mol. The Morgan fingerprint density at radius 1 is 1.44 bits per heavy atom. The molecule has 0 bridgehead atoms. The number of carbonyl (C=O) groups is 1. The lowest BCUT2D eigenvalue weighted by Crippen LogP contribution is -2.21. The Morgan fingerprint density at radius 2 is 2.22 bits per heavy atom. The first kappa shape index (κ1) is 15.1. The molecule has 0 aliphatic rings. The molecule has 0 unspecified atom stereocenters. The fourth-order valence-electron chi connectivity index (χ4n) is 1.41. The molecule has 0 saturated heterocycles. The zero-order valence-corrected chi connectivity index (χ0v) is 12.0. The van der Waals surface area contributed by atoms with Crippen LogP contribution in [0.25, 0.3) is 0 Å². The molecule has 0 saturated carbocycles. The highest BCUT2D eigenvalue weighted by atomic mass is 32.2. The summed E-state index contributed by atoms with van der Waals surface area (Å²) in [4.78, 5) is 12.4. The van der Waals surface area contributed by atoms with Gasteiger partial charge in [-0.15, -0.1) is 11.8 Å². The molecule has 100 valence electrons. The molecule has 0 aliphatic heterocycles. The van der Waals surface area contributed by atoms with Crippen molar-refractivity contribution in [2.45, 2.75) is 38.3 Å². The molecule has 1 aromatic carbocycles. The van der Waals surface area contributed by atoms with Gasteiger partial charge < -0.3 is 10.1 Å². The third-order valence-electron chi connectivity index (χ3n) is 2.27. The molecule has 0 aliphatic carbocycles. The first-order valence-electron chi connectivity index (χ1n) is 6.22. The number of hydrogen-bond donors (Lipinski definition) is 1. The van der Waals surface area contributed by atoms with Crippen LogP contribution in [0.5, 0.6) is 0 Å². The van der Waals surface area contributed by atoms with E-state index in [-0.39, 0.29) is 5.97 Å². The molecule has 0 aromatic heterocycles. The SMILES string of the molecule is CCOC(=O)CSc1cccc(CNC(C)C)c1. The van der Waals surface area contributed by atoms with Crippen LogP contribution in [0.15, 0.2) is 29.2 Å². The number of rotatable bonds is 7. The molecule has 3 nitrogen and oxygen atoms in total. The van der Waals surface area contributed by atoms with Crippen molar-refractivity contribution in [2.75, 3.05) is 12.4 Å². The standard InChI is InChI=1S/C14H21NO2S/c1-4-17-14(16)10-18-13-7-5-6-12(8-13)9-15-11(2)3/h5-8,11,15H,4,9-10H2,1-3H3. The average molecular weight is 267 g/mol. The summed E-state index contributed by atoms with van der Waals surface area (Å²) in [7, 11) is 0. The minimum atomic E-state index is -0.159. The van der Waals surface area contributed by atoms with E-state index in [4.69, 9.17) is 4.74 Å². The Balaban J connectivity index is 2.46. The maximum absolute atomic E-state index is 11.3. The van der Waals surface area contributed by atoms with Gasteiger partial charge in [-0.2, -0.15) is 0 Å². The molecule has 1 aromatic rings. The third kappa shape index (κ3) is 6.07. The van der Waals surface area contributed by atoms with E-state index < -0.39 is 0 Å². The fourth-order valence-corrected chi connectivity index (χ4v) is 2.19. The molecule has 0 spiro atoms. The fraction of sp³-hybridized carbons (Fsp3) is 0.500. The van der Waals surface area contributed by atoms with Crippen molar-refractivity contribution >= 4 is 17.7 Å². The van der Waals surface area contributed by atoms with Crippen molar-refractivity contribution in [2.24, 2.45) is 0 Å². The van der Waals surface area contributed by atoms with Gasteiger partial charge in [0.15, 0.2) is 0 Å². The predicted molar refractivity (Wildman–Crippen MR) is 75.8 cm³/mol. The summed E-state index contributed by atoms with van der Waals surface area (Å²) >= 11 is 1.51. The number of hydrogen-bond acceptors (Lipinski definition) is 4. The van der Waals surface area contributed by atoms with Gasteiger partial charge in [-0.25, -0.2) is 0 Å². The summed E-state index contributed by atoms with van der Waals surface area (Å²) < 4.78 is 4.90. The van der Waals surface area contributed by atoms with Crippen molar-refractivity contribution < 1.29 is 9.53 Å². The molecule has 4 heteroatoms. The van der Waals surface area contributed by atoms with E-state index in [9.17, 15) is 4.79 Å². The van der Waals surface area contributed by atoms with Crippen LogP contribution in [-0.2, 0) is 16.1 Å². The van der Waals surface area contributed by atoms with Gasteiger partial charge in [-0.1, -0.05) is 26.0 Å². The van der Waals surface area contributed by atoms with Gasteiger partial charge >= 0.3 is 5.97 Å². The largest absolute Gasteiger partial charge is 0.465 e. The molecular weight excluding hydrogens is 246 g/mol. The van der Waals surface area contributed by atoms with Crippen LogP contribution in [0.4, 0.5) is 0 Å². The first-order valence-corrected chi connectivity index (χ1v) is 7.21. The number of ether oxygens (including phenoxy) is 1. The van der Waals surface area contributed by atoms with Gasteiger partial charge in [0.2, 0.25) is 0 Å². The first-order chi connectivity index (χ1) is 8.61. The van der Waals surface area contributed by atoms with E-state index in [0.29, 0.717) is 18.4 Å². The molecule has 18 heavy (non-hydrogen) atoms. The lowest BCUT2D eigenvalue weighted by atomic mass is 10.2. The van der Waals surface area contributed by atoms with Gasteiger partial charge in [0, 0.05) is 17.5 Å². The predicted octanol–water partition coefficient (Wildman–Crippen LogP) is 2.84. The molecule has 0 atom stereocenters. The Kier molecular flexibility index (Phi) is 6.83. The topological polar surface area (TPSA) is 38.3 Å². The van der Waals surface area contributed by atoms with Crippen molar-refractivity contribution in [1.29, 1.82) is 0 Å². The van der Waals surface area contributed by atoms with Crippen molar-refractivity contribution in [3.8, 4) is 0 Å². The molecule has 1 rings (SSSR count). The Hall–Kier alpha value is -1.00. The molecule has 0 heterocycles. The highest BCUT2D eigenvalue weighted by Gasteiger charge is 2.04. The number of carbonyl (C=O) groups excluding carboxylic acids is 1. The van der Waals surface area contributed by atoms with Crippen LogP contribution >= 0.6 is 11.8 Å². The van der Waals surface area contributed by atoms with Crippen LogP contribution in [-0.4, -0.2) is 24.4 Å². The van der Waals surface area contributed by atoms with E-state index in [2.05, 4.69) is 31.3 Å². The highest BCUT2D eigenvalue weighted by molar-refractivity contribution is 8.00. The smallest absolute Gasteiger partial charge is 0.316 e. The van der Waals surface area contributed by atoms with Crippen molar-refractivity contribution in [3.63, 3.8) is 0 Å². The summed E-state index contributed by atoms with van der Waals surface area (Å²) in [6.45, 7) is 7.36. The van der Waals surface area contributed by atoms with E-state index in [1.807, 2.05) is 19.1 Å². The Labute approximate surface area is 113 Å². The average Bonchev–Trinajstić information content (AvgIpc) is 2.35. The van der Waals surface area contributed by atoms with Crippen molar-refractivity contribution in [1.82, 2.24) is 5.32 Å². The maximum Gasteiger partial charge on any atom is 0.316 e. The van der Waals surface area contributed by atoms with Gasteiger partial charge in [-0.3, -0.25) is 4.79 Å². The minimum Gasteiger partial charge on any atom is -0.465 e. The number of benzene rings is 1. The zero-order valence-electron chi connectivity index (χ0n) is 11.2. The van der Waals surface area contributed by atoms with Gasteiger partial charge in [0.1, 0.15) is 0 Å². The molecular formula is C14H21NO2S. The van der Waals surface area contributed by atoms with Crippen LogP contribution in [0.1, 0.15) is 26.3 Å². The molecule has 1 N–H and O–H groups in total. The van der Waals surface area contributed by atoms with Crippen LogP contribution in [0, 0.1) is 0 Å². The summed E-state index contributed by atoms with van der Waals surface area (Å²) in [6, 6.07) is 8.71. The lowest BCUT2D eigenvalue weighted by Gasteiger charge is -2.09. The summed E-state index contributed by atoms with van der Waals surface area (Å²) in [6.07, 6.45) is 0. The summed E-state index contributed by atoms with van der Waals surface area (Å²) in [5.74, 6) is 0.211. The third-order valence-corrected chi connectivity index (χ3v) is 3.24. The second-order valence-electron chi connectivity index (χ2n) is 4.28. The molecule has 0 fully saturated rings. The lowest BCUT2D eigenvalue weighted by molar-refractivity contribution is -0.139. The van der Waals surface area contributed by atoms with Gasteiger partial charge in [-0.05, 0) is 24.6 Å². The normalized spacial score (nSPS) is 10.7. The maximum atomic E-state index is 11.3. The van der Waals surface area contributed by atoms with E-state index in [0.717, 1.165) is 11.4 Å². The van der Waals surface area contributed by atoms with Crippen LogP contribution in [0.2, 0.25) is 0 Å². The number of nitrogens with one attached hydrogen (secondary N) is 1. The molecule has 0 amide bonds. The minimum absolute atomic E-state index is 0.159. The number of thioether (sulfide) groups is 1. The second-order valence-corrected chi connectivity index (χ2v) is 5.33. The van der Waals surface area contributed by atoms with Crippen molar-refractivity contribution in [3.05, 3.63) is 29.8 Å². The molecule has 0 radical (unpaired) electrons. The highest BCUT2D eigenvalue weighted by Crippen LogP contribution is 2.19. The van der Waals surface area contributed by atoms with Gasteiger partial charge in [0.05, 0.1) is 12.4 Å². The van der Waals surface area contributed by atoms with Crippen LogP contribution in [0.3, 0.4) is 0 Å². The van der Waals surface area contributed by atoms with E-state index in [1.165, 1.54) is 17.3 Å². The van der Waals surface area contributed by atoms with Crippen LogP contribution < -0.4 is 5.32 Å². The Bertz CT molecular complexity index is 380.